The number of carbonyl (C=O) groups excluding carboxylic acids is 1. The summed E-state index contributed by atoms with van der Waals surface area (Å²) in [5.41, 5.74) is -0.124. The van der Waals surface area contributed by atoms with E-state index in [1.54, 1.807) is 12.1 Å². The van der Waals surface area contributed by atoms with E-state index in [1.165, 1.54) is 6.07 Å². The van der Waals surface area contributed by atoms with E-state index in [9.17, 15) is 13.6 Å². The number of hydrogen-bond acceptors (Lipinski definition) is 3. The monoisotopic (exact) mass is 358 g/mol. The first-order chi connectivity index (χ1) is 10.5. The fourth-order valence-corrected chi connectivity index (χ4v) is 3.12. The topological polar surface area (TPSA) is 42.0 Å². The van der Waals surface area contributed by atoms with Gasteiger partial charge in [-0.2, -0.15) is 0 Å². The summed E-state index contributed by atoms with van der Waals surface area (Å²) in [6, 6.07) is 6.36. The van der Waals surface area contributed by atoms with Crippen molar-refractivity contribution in [2.45, 2.75) is 0 Å². The van der Waals surface area contributed by atoms with Crippen LogP contribution in [0, 0.1) is 11.6 Å². The van der Waals surface area contributed by atoms with Crippen molar-refractivity contribution < 1.29 is 13.6 Å². The first-order valence-electron chi connectivity index (χ1n) is 5.96. The van der Waals surface area contributed by atoms with E-state index < -0.39 is 23.1 Å². The Hall–Kier alpha value is -1.76. The number of nitrogens with one attached hydrogen (secondary N) is 1. The van der Waals surface area contributed by atoms with Crippen LogP contribution in [0.1, 0.15) is 10.4 Å². The molecule has 3 nitrogen and oxygen atoms in total. The Labute approximate surface area is 137 Å². The van der Waals surface area contributed by atoms with E-state index >= 15 is 0 Å². The number of benzene rings is 2. The third-order valence-electron chi connectivity index (χ3n) is 2.84. The molecule has 22 heavy (non-hydrogen) atoms. The van der Waals surface area contributed by atoms with Gasteiger partial charge in [-0.25, -0.2) is 13.8 Å². The zero-order chi connectivity index (χ0) is 15.9. The second-order valence-electron chi connectivity index (χ2n) is 4.30. The zero-order valence-electron chi connectivity index (χ0n) is 10.7. The minimum atomic E-state index is -0.940. The number of nitrogens with zero attached hydrogens (tertiary/aromatic N) is 1. The molecule has 0 aliphatic rings. The van der Waals surface area contributed by atoms with E-state index in [0.29, 0.717) is 20.3 Å². The third-order valence-corrected chi connectivity index (χ3v) is 4.50. The second kappa shape index (κ2) is 5.79. The van der Waals surface area contributed by atoms with Gasteiger partial charge in [-0.15, -0.1) is 0 Å². The summed E-state index contributed by atoms with van der Waals surface area (Å²) < 4.78 is 27.8. The van der Waals surface area contributed by atoms with Crippen LogP contribution in [0.25, 0.3) is 10.2 Å². The van der Waals surface area contributed by atoms with Gasteiger partial charge in [0.05, 0.1) is 20.3 Å². The predicted octanol–water partition coefficient (Wildman–Crippen LogP) is 5.13. The molecule has 1 amide bonds. The summed E-state index contributed by atoms with van der Waals surface area (Å²) in [6.07, 6.45) is 0. The molecule has 3 aromatic rings. The smallest absolute Gasteiger partial charge is 0.263 e. The van der Waals surface area contributed by atoms with Crippen LogP contribution in [0.3, 0.4) is 0 Å². The van der Waals surface area contributed by atoms with E-state index in [2.05, 4.69) is 10.3 Å². The number of carbonyl (C=O) groups is 1. The molecule has 0 aliphatic heterocycles. The quantitative estimate of drug-likeness (QED) is 0.689. The SMILES string of the molecule is O=C(Nc1nc2cc(Cl)c(Cl)cc2s1)c1c(F)cccc1F. The number of fused-ring (bicyclic) bond motifs is 1. The Morgan fingerprint density at radius 2 is 1.77 bits per heavy atom. The van der Waals surface area contributed by atoms with Gasteiger partial charge in [0.15, 0.2) is 5.13 Å². The standard InChI is InChI=1S/C14H6Cl2F2N2OS/c15-6-4-10-11(5-7(6)16)22-14(19-10)20-13(21)12-8(17)2-1-3-9(12)18/h1-5H,(H,19,20,21). The van der Waals surface area contributed by atoms with E-state index in [4.69, 9.17) is 23.2 Å². The Kier molecular flexibility index (Phi) is 3.99. The number of amides is 1. The highest BCUT2D eigenvalue weighted by molar-refractivity contribution is 7.22. The van der Waals surface area contributed by atoms with Gasteiger partial charge in [0.2, 0.25) is 0 Å². The van der Waals surface area contributed by atoms with Gasteiger partial charge < -0.3 is 0 Å². The van der Waals surface area contributed by atoms with Crippen LogP contribution in [0.15, 0.2) is 30.3 Å². The van der Waals surface area contributed by atoms with Gasteiger partial charge in [0.25, 0.3) is 5.91 Å². The lowest BCUT2D eigenvalue weighted by atomic mass is 10.2. The molecule has 3 rings (SSSR count). The summed E-state index contributed by atoms with van der Waals surface area (Å²) in [4.78, 5) is 16.1. The average molecular weight is 359 g/mol. The molecule has 0 spiro atoms. The van der Waals surface area contributed by atoms with Crippen LogP contribution in [0.5, 0.6) is 0 Å². The Morgan fingerprint density at radius 1 is 1.14 bits per heavy atom. The highest BCUT2D eigenvalue weighted by Crippen LogP contribution is 2.33. The van der Waals surface area contributed by atoms with Crippen LogP contribution >= 0.6 is 34.5 Å². The number of hydrogen-bond donors (Lipinski definition) is 1. The molecular weight excluding hydrogens is 353 g/mol. The van der Waals surface area contributed by atoms with Crippen molar-refractivity contribution in [3.8, 4) is 0 Å². The summed E-state index contributed by atoms with van der Waals surface area (Å²) in [5, 5.41) is 3.25. The average Bonchev–Trinajstić information content (AvgIpc) is 2.80. The van der Waals surface area contributed by atoms with Gasteiger partial charge in [-0.05, 0) is 24.3 Å². The molecule has 0 aliphatic carbocycles. The van der Waals surface area contributed by atoms with Crippen LogP contribution < -0.4 is 5.32 Å². The summed E-state index contributed by atoms with van der Waals surface area (Å²) in [5.74, 6) is -2.79. The van der Waals surface area contributed by atoms with E-state index in [0.717, 1.165) is 23.5 Å². The van der Waals surface area contributed by atoms with E-state index in [1.807, 2.05) is 0 Å². The normalized spacial score (nSPS) is 10.9. The van der Waals surface area contributed by atoms with Crippen molar-refractivity contribution in [1.82, 2.24) is 4.98 Å². The van der Waals surface area contributed by atoms with E-state index in [-0.39, 0.29) is 5.13 Å². The molecule has 0 bridgehead atoms. The minimum absolute atomic E-state index is 0.195. The molecule has 0 unspecified atom stereocenters. The van der Waals surface area contributed by atoms with Crippen molar-refractivity contribution in [1.29, 1.82) is 0 Å². The van der Waals surface area contributed by atoms with Gasteiger partial charge in [-0.3, -0.25) is 10.1 Å². The molecule has 0 saturated heterocycles. The Balaban J connectivity index is 1.94. The first kappa shape index (κ1) is 15.1. The highest BCUT2D eigenvalue weighted by Gasteiger charge is 2.18. The summed E-state index contributed by atoms with van der Waals surface area (Å²) in [7, 11) is 0. The zero-order valence-corrected chi connectivity index (χ0v) is 13.0. The number of anilines is 1. The van der Waals surface area contributed by atoms with Crippen LogP contribution in [0.2, 0.25) is 10.0 Å². The molecular formula is C14H6Cl2F2N2OS. The molecule has 112 valence electrons. The number of thiazole rings is 1. The molecule has 1 heterocycles. The minimum Gasteiger partial charge on any atom is -0.298 e. The van der Waals surface area contributed by atoms with Crippen molar-refractivity contribution >= 4 is 55.8 Å². The molecule has 0 radical (unpaired) electrons. The second-order valence-corrected chi connectivity index (χ2v) is 6.15. The first-order valence-corrected chi connectivity index (χ1v) is 7.54. The molecule has 2 aromatic carbocycles. The van der Waals surface area contributed by atoms with Crippen molar-refractivity contribution in [2.24, 2.45) is 0 Å². The number of rotatable bonds is 2. The summed E-state index contributed by atoms with van der Waals surface area (Å²) >= 11 is 12.9. The maximum atomic E-state index is 13.6. The molecule has 1 aromatic heterocycles. The molecule has 0 saturated carbocycles. The Bertz CT molecular complexity index is 839. The van der Waals surface area contributed by atoms with Crippen molar-refractivity contribution in [3.05, 3.63) is 57.6 Å². The summed E-state index contributed by atoms with van der Waals surface area (Å²) in [6.45, 7) is 0. The van der Waals surface area contributed by atoms with Gasteiger partial charge in [-0.1, -0.05) is 40.6 Å². The lowest BCUT2D eigenvalue weighted by Crippen LogP contribution is -2.15. The number of aromatic nitrogens is 1. The molecule has 1 N–H and O–H groups in total. The number of halogens is 4. The van der Waals surface area contributed by atoms with Crippen molar-refractivity contribution in [3.63, 3.8) is 0 Å². The lowest BCUT2D eigenvalue weighted by Gasteiger charge is -2.03. The van der Waals surface area contributed by atoms with Crippen LogP contribution in [0.4, 0.5) is 13.9 Å². The maximum Gasteiger partial charge on any atom is 0.263 e. The Morgan fingerprint density at radius 3 is 2.45 bits per heavy atom. The van der Waals surface area contributed by atoms with Gasteiger partial charge in [0.1, 0.15) is 17.2 Å². The van der Waals surface area contributed by atoms with Gasteiger partial charge in [0, 0.05) is 0 Å². The molecule has 0 fully saturated rings. The van der Waals surface area contributed by atoms with Crippen LogP contribution in [-0.4, -0.2) is 10.9 Å². The fraction of sp³-hybridized carbons (Fsp3) is 0. The fourth-order valence-electron chi connectivity index (χ4n) is 1.85. The van der Waals surface area contributed by atoms with Crippen LogP contribution in [-0.2, 0) is 0 Å². The van der Waals surface area contributed by atoms with Crippen molar-refractivity contribution in [2.75, 3.05) is 5.32 Å². The highest BCUT2D eigenvalue weighted by atomic mass is 35.5. The maximum absolute atomic E-state index is 13.6. The largest absolute Gasteiger partial charge is 0.298 e. The predicted molar refractivity (Wildman–Crippen MR) is 84.0 cm³/mol. The van der Waals surface area contributed by atoms with Gasteiger partial charge >= 0.3 is 0 Å². The molecule has 0 atom stereocenters. The molecule has 8 heteroatoms. The lowest BCUT2D eigenvalue weighted by molar-refractivity contribution is 0.101. The third kappa shape index (κ3) is 2.77.